The molecular weight excluding hydrogens is 356 g/mol. The minimum absolute atomic E-state index is 0.178. The molecule has 142 valence electrons. The van der Waals surface area contributed by atoms with Crippen molar-refractivity contribution in [3.8, 4) is 0 Å². The lowest BCUT2D eigenvalue weighted by Crippen LogP contribution is -2.45. The van der Waals surface area contributed by atoms with E-state index in [0.717, 1.165) is 18.2 Å². The van der Waals surface area contributed by atoms with Crippen LogP contribution in [0.3, 0.4) is 0 Å². The average molecular weight is 375 g/mol. The maximum atomic E-state index is 13.6. The van der Waals surface area contributed by atoms with Crippen LogP contribution < -0.4 is 5.32 Å². The smallest absolute Gasteiger partial charge is 0.329 e. The van der Waals surface area contributed by atoms with Crippen molar-refractivity contribution in [3.63, 3.8) is 0 Å². The number of carbonyl (C=O) groups excluding carboxylic acids is 3. The van der Waals surface area contributed by atoms with Crippen LogP contribution in [0.1, 0.15) is 34.6 Å². The fourth-order valence-electron chi connectivity index (χ4n) is 2.32. The lowest BCUT2D eigenvalue weighted by atomic mass is 10.0. The molecule has 2 aromatic carbocycles. The summed E-state index contributed by atoms with van der Waals surface area (Å²) in [6.07, 6.45) is 0. The number of esters is 1. The van der Waals surface area contributed by atoms with Crippen LogP contribution in [0.25, 0.3) is 0 Å². The topological polar surface area (TPSA) is 72.5 Å². The van der Waals surface area contributed by atoms with E-state index in [1.165, 1.54) is 30.3 Å². The fourth-order valence-corrected chi connectivity index (χ4v) is 2.32. The number of rotatable bonds is 7. The highest BCUT2D eigenvalue weighted by atomic mass is 19.1. The van der Waals surface area contributed by atoms with E-state index in [1.54, 1.807) is 13.8 Å². The highest BCUT2D eigenvalue weighted by Crippen LogP contribution is 2.10. The second kappa shape index (κ2) is 9.02. The molecule has 0 heterocycles. The Hall–Kier alpha value is -3.09. The van der Waals surface area contributed by atoms with Crippen molar-refractivity contribution in [1.82, 2.24) is 5.32 Å². The molecule has 27 heavy (non-hydrogen) atoms. The molecule has 0 spiro atoms. The summed E-state index contributed by atoms with van der Waals surface area (Å²) < 4.78 is 31.5. The van der Waals surface area contributed by atoms with Gasteiger partial charge in [0, 0.05) is 5.56 Å². The SMILES string of the molecule is CC(C)[C@H](NC(=O)c1ccc(F)cc1)C(=O)OCC(=O)c1ccccc1F. The van der Waals surface area contributed by atoms with Gasteiger partial charge in [-0.2, -0.15) is 0 Å². The number of hydrogen-bond donors (Lipinski definition) is 1. The Morgan fingerprint density at radius 2 is 1.63 bits per heavy atom. The van der Waals surface area contributed by atoms with Gasteiger partial charge in [-0.15, -0.1) is 0 Å². The number of nitrogens with one attached hydrogen (secondary N) is 1. The van der Waals surface area contributed by atoms with Crippen molar-refractivity contribution in [2.45, 2.75) is 19.9 Å². The molecule has 2 aromatic rings. The number of benzene rings is 2. The molecule has 0 bridgehead atoms. The summed E-state index contributed by atoms with van der Waals surface area (Å²) in [6.45, 7) is 2.74. The van der Waals surface area contributed by atoms with Crippen molar-refractivity contribution < 1.29 is 27.9 Å². The van der Waals surface area contributed by atoms with Crippen LogP contribution in [0.2, 0.25) is 0 Å². The zero-order valence-corrected chi connectivity index (χ0v) is 14.9. The van der Waals surface area contributed by atoms with Crippen LogP contribution in [-0.2, 0) is 9.53 Å². The molecule has 5 nitrogen and oxygen atoms in total. The Morgan fingerprint density at radius 1 is 1.00 bits per heavy atom. The molecule has 0 aliphatic rings. The third kappa shape index (κ3) is 5.44. The van der Waals surface area contributed by atoms with Crippen molar-refractivity contribution >= 4 is 17.7 Å². The fraction of sp³-hybridized carbons (Fsp3) is 0.250. The van der Waals surface area contributed by atoms with Crippen LogP contribution in [0.4, 0.5) is 8.78 Å². The number of hydrogen-bond acceptors (Lipinski definition) is 4. The third-order valence-corrected chi connectivity index (χ3v) is 3.83. The summed E-state index contributed by atoms with van der Waals surface area (Å²) in [5, 5.41) is 2.51. The Labute approximate surface area is 155 Å². The van der Waals surface area contributed by atoms with Crippen molar-refractivity contribution in [2.24, 2.45) is 5.92 Å². The van der Waals surface area contributed by atoms with Gasteiger partial charge in [0.1, 0.15) is 17.7 Å². The van der Waals surface area contributed by atoms with Gasteiger partial charge in [0.2, 0.25) is 5.78 Å². The Balaban J connectivity index is 2.00. The molecular formula is C20H19F2NO4. The first-order chi connectivity index (χ1) is 12.8. The van der Waals surface area contributed by atoms with Crippen LogP contribution >= 0.6 is 0 Å². The van der Waals surface area contributed by atoms with Crippen LogP contribution in [0, 0.1) is 17.6 Å². The molecule has 0 unspecified atom stereocenters. The molecule has 0 aliphatic carbocycles. The first kappa shape index (κ1) is 20.2. The minimum atomic E-state index is -1.02. The van der Waals surface area contributed by atoms with E-state index in [2.05, 4.69) is 5.32 Å². The summed E-state index contributed by atoms with van der Waals surface area (Å²) in [5.41, 5.74) is -0.000900. The van der Waals surface area contributed by atoms with Crippen LogP contribution in [-0.4, -0.2) is 30.3 Å². The maximum Gasteiger partial charge on any atom is 0.329 e. The zero-order valence-electron chi connectivity index (χ0n) is 14.9. The molecule has 0 fully saturated rings. The van der Waals surface area contributed by atoms with Gasteiger partial charge >= 0.3 is 5.97 Å². The number of carbonyl (C=O) groups is 3. The van der Waals surface area contributed by atoms with Gasteiger partial charge < -0.3 is 10.1 Å². The van der Waals surface area contributed by atoms with Gasteiger partial charge in [-0.3, -0.25) is 9.59 Å². The number of ketones is 1. The zero-order chi connectivity index (χ0) is 20.0. The highest BCUT2D eigenvalue weighted by Gasteiger charge is 2.27. The summed E-state index contributed by atoms with van der Waals surface area (Å²) >= 11 is 0. The van der Waals surface area contributed by atoms with Crippen LogP contribution in [0.15, 0.2) is 48.5 Å². The molecule has 1 atom stereocenters. The molecule has 0 radical (unpaired) electrons. The normalized spacial score (nSPS) is 11.7. The van der Waals surface area contributed by atoms with E-state index < -0.39 is 41.9 Å². The first-order valence-electron chi connectivity index (χ1n) is 8.30. The van der Waals surface area contributed by atoms with E-state index in [9.17, 15) is 23.2 Å². The third-order valence-electron chi connectivity index (χ3n) is 3.83. The van der Waals surface area contributed by atoms with Crippen LogP contribution in [0.5, 0.6) is 0 Å². The predicted molar refractivity (Wildman–Crippen MR) is 94.2 cm³/mol. The maximum absolute atomic E-state index is 13.6. The van der Waals surface area contributed by atoms with E-state index in [1.807, 2.05) is 0 Å². The van der Waals surface area contributed by atoms with Gasteiger partial charge in [-0.25, -0.2) is 13.6 Å². The molecule has 1 N–H and O–H groups in total. The van der Waals surface area contributed by atoms with E-state index in [0.29, 0.717) is 0 Å². The monoisotopic (exact) mass is 375 g/mol. The largest absolute Gasteiger partial charge is 0.456 e. The molecule has 0 saturated carbocycles. The number of ether oxygens (including phenoxy) is 1. The summed E-state index contributed by atoms with van der Waals surface area (Å²) in [6, 6.07) is 9.18. The van der Waals surface area contributed by atoms with Crippen molar-refractivity contribution in [3.05, 3.63) is 71.3 Å². The average Bonchev–Trinajstić information content (AvgIpc) is 2.64. The molecule has 0 aliphatic heterocycles. The molecule has 0 aromatic heterocycles. The van der Waals surface area contributed by atoms with Gasteiger partial charge in [0.15, 0.2) is 6.61 Å². The van der Waals surface area contributed by atoms with Crippen molar-refractivity contribution in [1.29, 1.82) is 0 Å². The van der Waals surface area contributed by atoms with Gasteiger partial charge in [0.05, 0.1) is 5.56 Å². The summed E-state index contributed by atoms with van der Waals surface area (Å²) in [4.78, 5) is 36.5. The molecule has 2 rings (SSSR count). The predicted octanol–water partition coefficient (Wildman–Crippen LogP) is 3.15. The number of Topliss-reactive ketones (excluding diaryl/α,β-unsaturated/α-hetero) is 1. The van der Waals surface area contributed by atoms with Gasteiger partial charge in [-0.05, 0) is 42.3 Å². The summed E-state index contributed by atoms with van der Waals surface area (Å²) in [7, 11) is 0. The van der Waals surface area contributed by atoms with E-state index >= 15 is 0 Å². The quantitative estimate of drug-likeness (QED) is 0.596. The second-order valence-electron chi connectivity index (χ2n) is 6.21. The number of amides is 1. The first-order valence-corrected chi connectivity index (χ1v) is 8.30. The van der Waals surface area contributed by atoms with E-state index in [4.69, 9.17) is 4.74 Å². The minimum Gasteiger partial charge on any atom is -0.456 e. The molecule has 7 heteroatoms. The van der Waals surface area contributed by atoms with Gasteiger partial charge in [0.25, 0.3) is 5.91 Å². The standard InChI is InChI=1S/C20H19F2NO4/c1-12(2)18(23-19(25)13-7-9-14(21)10-8-13)20(26)27-11-17(24)15-5-3-4-6-16(15)22/h3-10,12,18H,11H2,1-2H3,(H,23,25)/t18-/m0/s1. The molecule has 0 saturated heterocycles. The Bertz CT molecular complexity index is 834. The van der Waals surface area contributed by atoms with Crippen molar-refractivity contribution in [2.75, 3.05) is 6.61 Å². The van der Waals surface area contributed by atoms with E-state index in [-0.39, 0.29) is 17.0 Å². The Kier molecular flexibility index (Phi) is 6.76. The summed E-state index contributed by atoms with van der Waals surface area (Å²) in [5.74, 6) is -3.60. The molecule has 1 amide bonds. The number of halogens is 2. The lowest BCUT2D eigenvalue weighted by molar-refractivity contribution is -0.145. The highest BCUT2D eigenvalue weighted by molar-refractivity contribution is 5.99. The lowest BCUT2D eigenvalue weighted by Gasteiger charge is -2.20. The second-order valence-corrected chi connectivity index (χ2v) is 6.21. The Morgan fingerprint density at radius 3 is 2.22 bits per heavy atom. The van der Waals surface area contributed by atoms with Gasteiger partial charge in [-0.1, -0.05) is 26.0 Å².